The summed E-state index contributed by atoms with van der Waals surface area (Å²) in [6.07, 6.45) is 9.22. The van der Waals surface area contributed by atoms with E-state index in [9.17, 15) is 4.79 Å². The second-order valence-corrected chi connectivity index (χ2v) is 5.50. The van der Waals surface area contributed by atoms with Gasteiger partial charge in [0.1, 0.15) is 0 Å². The maximum Gasteiger partial charge on any atom is 0.233 e. The van der Waals surface area contributed by atoms with Gasteiger partial charge < -0.3 is 10.6 Å². The molecule has 0 aliphatic heterocycles. The Labute approximate surface area is 113 Å². The van der Waals surface area contributed by atoms with Crippen LogP contribution in [0.1, 0.15) is 65.7 Å². The quantitative estimate of drug-likeness (QED) is 0.527. The molecule has 0 aromatic rings. The molecule has 0 aliphatic rings. The van der Waals surface area contributed by atoms with Gasteiger partial charge in [-0.15, -0.1) is 0 Å². The van der Waals surface area contributed by atoms with Crippen LogP contribution in [0.4, 0.5) is 0 Å². The normalized spacial score (nSPS) is 10.9. The molecule has 108 valence electrons. The van der Waals surface area contributed by atoms with E-state index in [0.29, 0.717) is 12.5 Å². The fraction of sp³-hybridized carbons (Fsp3) is 0.933. The predicted octanol–water partition coefficient (Wildman–Crippen LogP) is 3.10. The Morgan fingerprint density at radius 1 is 1.00 bits per heavy atom. The van der Waals surface area contributed by atoms with E-state index < -0.39 is 0 Å². The molecule has 0 fully saturated rings. The smallest absolute Gasteiger partial charge is 0.233 e. The maximum absolute atomic E-state index is 11.4. The fourth-order valence-corrected chi connectivity index (χ4v) is 1.79. The molecule has 0 unspecified atom stereocenters. The van der Waals surface area contributed by atoms with Crippen LogP contribution in [0.5, 0.6) is 0 Å². The van der Waals surface area contributed by atoms with Crippen molar-refractivity contribution in [1.29, 1.82) is 0 Å². The average Bonchev–Trinajstić information content (AvgIpc) is 2.34. The lowest BCUT2D eigenvalue weighted by atomic mass is 10.1. The van der Waals surface area contributed by atoms with Gasteiger partial charge in [0.05, 0.1) is 6.54 Å². The largest absolute Gasteiger partial charge is 0.355 e. The van der Waals surface area contributed by atoms with Crippen LogP contribution < -0.4 is 10.6 Å². The second kappa shape index (κ2) is 12.9. The van der Waals surface area contributed by atoms with Gasteiger partial charge in [-0.3, -0.25) is 4.79 Å². The predicted molar refractivity (Wildman–Crippen MR) is 78.7 cm³/mol. The zero-order valence-electron chi connectivity index (χ0n) is 12.6. The van der Waals surface area contributed by atoms with Crippen LogP contribution in [-0.4, -0.2) is 25.5 Å². The van der Waals surface area contributed by atoms with Gasteiger partial charge in [0.25, 0.3) is 0 Å². The molecule has 0 aromatic heterocycles. The van der Waals surface area contributed by atoms with Gasteiger partial charge in [0.2, 0.25) is 5.91 Å². The number of amides is 1. The third kappa shape index (κ3) is 13.5. The van der Waals surface area contributed by atoms with Crippen molar-refractivity contribution in [3.63, 3.8) is 0 Å². The number of hydrogen-bond acceptors (Lipinski definition) is 2. The maximum atomic E-state index is 11.4. The lowest BCUT2D eigenvalue weighted by Crippen LogP contribution is -2.36. The Bertz CT molecular complexity index is 193. The van der Waals surface area contributed by atoms with Gasteiger partial charge in [-0.05, 0) is 18.9 Å². The molecule has 1 amide bonds. The summed E-state index contributed by atoms with van der Waals surface area (Å²) in [4.78, 5) is 11.4. The number of unbranched alkanes of at least 4 members (excludes halogenated alkanes) is 6. The molecular weight excluding hydrogens is 224 g/mol. The first-order chi connectivity index (χ1) is 8.66. The highest BCUT2D eigenvalue weighted by Gasteiger charge is 2.00. The summed E-state index contributed by atoms with van der Waals surface area (Å²) in [6.45, 7) is 8.65. The summed E-state index contributed by atoms with van der Waals surface area (Å²) in [5.41, 5.74) is 0. The van der Waals surface area contributed by atoms with Crippen molar-refractivity contribution >= 4 is 5.91 Å². The molecule has 0 heterocycles. The molecule has 0 rings (SSSR count). The molecule has 3 heteroatoms. The molecule has 0 bridgehead atoms. The molecule has 18 heavy (non-hydrogen) atoms. The summed E-state index contributed by atoms with van der Waals surface area (Å²) in [6, 6.07) is 0. The first kappa shape index (κ1) is 17.4. The van der Waals surface area contributed by atoms with E-state index in [1.165, 1.54) is 44.9 Å². The van der Waals surface area contributed by atoms with E-state index >= 15 is 0 Å². The minimum atomic E-state index is 0.117. The van der Waals surface area contributed by atoms with Gasteiger partial charge in [-0.1, -0.05) is 59.3 Å². The summed E-state index contributed by atoms with van der Waals surface area (Å²) < 4.78 is 0. The van der Waals surface area contributed by atoms with Crippen LogP contribution in [0.15, 0.2) is 0 Å². The van der Waals surface area contributed by atoms with Crippen molar-refractivity contribution in [3.8, 4) is 0 Å². The number of hydrogen-bond donors (Lipinski definition) is 2. The molecule has 0 saturated carbocycles. The molecule has 0 saturated heterocycles. The van der Waals surface area contributed by atoms with Crippen LogP contribution in [-0.2, 0) is 4.79 Å². The van der Waals surface area contributed by atoms with E-state index in [-0.39, 0.29) is 5.91 Å². The first-order valence-electron chi connectivity index (χ1n) is 7.64. The molecule has 0 aliphatic carbocycles. The van der Waals surface area contributed by atoms with Crippen molar-refractivity contribution in [2.45, 2.75) is 65.7 Å². The van der Waals surface area contributed by atoms with Crippen molar-refractivity contribution in [1.82, 2.24) is 10.6 Å². The van der Waals surface area contributed by atoms with E-state index in [1.54, 1.807) is 0 Å². The van der Waals surface area contributed by atoms with Crippen LogP contribution >= 0.6 is 0 Å². The van der Waals surface area contributed by atoms with Gasteiger partial charge in [-0.2, -0.15) is 0 Å². The molecule has 2 N–H and O–H groups in total. The molecule has 3 nitrogen and oxygen atoms in total. The lowest BCUT2D eigenvalue weighted by Gasteiger charge is -2.08. The Morgan fingerprint density at radius 2 is 1.61 bits per heavy atom. The monoisotopic (exact) mass is 256 g/mol. The summed E-state index contributed by atoms with van der Waals surface area (Å²) in [5.74, 6) is 0.642. The third-order valence-electron chi connectivity index (χ3n) is 2.95. The Kier molecular flexibility index (Phi) is 12.5. The highest BCUT2D eigenvalue weighted by molar-refractivity contribution is 5.77. The van der Waals surface area contributed by atoms with E-state index in [2.05, 4.69) is 31.4 Å². The Morgan fingerprint density at radius 3 is 2.22 bits per heavy atom. The Hall–Kier alpha value is -0.570. The van der Waals surface area contributed by atoms with Gasteiger partial charge in [0, 0.05) is 6.54 Å². The van der Waals surface area contributed by atoms with Crippen molar-refractivity contribution in [3.05, 3.63) is 0 Å². The molecule has 0 atom stereocenters. The average molecular weight is 256 g/mol. The standard InChI is InChI=1S/C15H32N2O/c1-4-5-6-7-8-9-10-11-16-13-15(18)17-12-14(2)3/h14,16H,4-13H2,1-3H3,(H,17,18). The Balaban J connectivity index is 3.12. The molecule has 0 aromatic carbocycles. The van der Waals surface area contributed by atoms with Gasteiger partial charge >= 0.3 is 0 Å². The minimum absolute atomic E-state index is 0.117. The second-order valence-electron chi connectivity index (χ2n) is 5.50. The van der Waals surface area contributed by atoms with Gasteiger partial charge in [-0.25, -0.2) is 0 Å². The lowest BCUT2D eigenvalue weighted by molar-refractivity contribution is -0.120. The fourth-order valence-electron chi connectivity index (χ4n) is 1.79. The van der Waals surface area contributed by atoms with Crippen LogP contribution in [0.2, 0.25) is 0 Å². The third-order valence-corrected chi connectivity index (χ3v) is 2.95. The van der Waals surface area contributed by atoms with Crippen LogP contribution in [0.3, 0.4) is 0 Å². The van der Waals surface area contributed by atoms with Crippen LogP contribution in [0.25, 0.3) is 0 Å². The number of carbonyl (C=O) groups is 1. The number of nitrogens with one attached hydrogen (secondary N) is 2. The highest BCUT2D eigenvalue weighted by Crippen LogP contribution is 2.06. The van der Waals surface area contributed by atoms with Crippen molar-refractivity contribution < 1.29 is 4.79 Å². The number of rotatable bonds is 12. The summed E-state index contributed by atoms with van der Waals surface area (Å²) in [7, 11) is 0. The van der Waals surface area contributed by atoms with Gasteiger partial charge in [0.15, 0.2) is 0 Å². The molecule has 0 spiro atoms. The van der Waals surface area contributed by atoms with Crippen molar-refractivity contribution in [2.75, 3.05) is 19.6 Å². The van der Waals surface area contributed by atoms with E-state index in [1.807, 2.05) is 0 Å². The zero-order valence-corrected chi connectivity index (χ0v) is 12.6. The zero-order chi connectivity index (χ0) is 13.6. The highest BCUT2D eigenvalue weighted by atomic mass is 16.1. The summed E-state index contributed by atoms with van der Waals surface area (Å²) in [5, 5.41) is 6.10. The number of carbonyl (C=O) groups excluding carboxylic acids is 1. The first-order valence-corrected chi connectivity index (χ1v) is 7.64. The summed E-state index contributed by atoms with van der Waals surface area (Å²) >= 11 is 0. The van der Waals surface area contributed by atoms with E-state index in [0.717, 1.165) is 13.1 Å². The molecular formula is C15H32N2O. The van der Waals surface area contributed by atoms with Crippen molar-refractivity contribution in [2.24, 2.45) is 5.92 Å². The van der Waals surface area contributed by atoms with Crippen LogP contribution in [0, 0.1) is 5.92 Å². The SMILES string of the molecule is CCCCCCCCCNCC(=O)NCC(C)C. The molecule has 0 radical (unpaired) electrons. The topological polar surface area (TPSA) is 41.1 Å². The minimum Gasteiger partial charge on any atom is -0.355 e. The van der Waals surface area contributed by atoms with E-state index in [4.69, 9.17) is 0 Å².